The van der Waals surface area contributed by atoms with Crippen molar-refractivity contribution >= 4 is 11.9 Å². The van der Waals surface area contributed by atoms with Gasteiger partial charge < -0.3 is 10.0 Å². The summed E-state index contributed by atoms with van der Waals surface area (Å²) in [4.78, 5) is 27.3. The maximum Gasteiger partial charge on any atom is 0.335 e. The van der Waals surface area contributed by atoms with E-state index in [1.54, 1.807) is 25.1 Å². The molecule has 1 N–H and O–H groups in total. The van der Waals surface area contributed by atoms with Crippen LogP contribution in [0, 0.1) is 0 Å². The van der Waals surface area contributed by atoms with Gasteiger partial charge in [-0.3, -0.25) is 9.69 Å². The van der Waals surface area contributed by atoms with E-state index in [4.69, 9.17) is 5.11 Å². The lowest BCUT2D eigenvalue weighted by Crippen LogP contribution is -2.49. The van der Waals surface area contributed by atoms with Crippen LogP contribution in [0.15, 0.2) is 54.6 Å². The van der Waals surface area contributed by atoms with Gasteiger partial charge in [0.1, 0.15) is 0 Å². The highest BCUT2D eigenvalue weighted by Gasteiger charge is 2.29. The van der Waals surface area contributed by atoms with Gasteiger partial charge in [-0.15, -0.1) is 0 Å². The van der Waals surface area contributed by atoms with E-state index in [1.165, 1.54) is 0 Å². The summed E-state index contributed by atoms with van der Waals surface area (Å²) in [5.41, 5.74) is 2.41. The Hall–Kier alpha value is -2.66. The van der Waals surface area contributed by atoms with E-state index in [2.05, 4.69) is 17.0 Å². The zero-order valence-corrected chi connectivity index (χ0v) is 14.3. The summed E-state index contributed by atoms with van der Waals surface area (Å²) in [6.07, 6.45) is 0. The molecule has 1 saturated heterocycles. The van der Waals surface area contributed by atoms with Crippen molar-refractivity contribution in [2.24, 2.45) is 0 Å². The van der Waals surface area contributed by atoms with Gasteiger partial charge in [0, 0.05) is 33.1 Å². The molecule has 0 aliphatic carbocycles. The molecule has 2 aromatic rings. The Morgan fingerprint density at radius 1 is 1.08 bits per heavy atom. The highest BCUT2D eigenvalue weighted by Crippen LogP contribution is 2.26. The van der Waals surface area contributed by atoms with Gasteiger partial charge in [-0.2, -0.15) is 0 Å². The highest BCUT2D eigenvalue weighted by atomic mass is 16.4. The molecule has 130 valence electrons. The topological polar surface area (TPSA) is 60.9 Å². The van der Waals surface area contributed by atoms with Crippen molar-refractivity contribution in [1.82, 2.24) is 9.80 Å². The van der Waals surface area contributed by atoms with Crippen molar-refractivity contribution in [3.05, 3.63) is 71.3 Å². The van der Waals surface area contributed by atoms with Gasteiger partial charge >= 0.3 is 5.97 Å². The first-order chi connectivity index (χ1) is 12.0. The summed E-state index contributed by atoms with van der Waals surface area (Å²) in [6.45, 7) is 4.48. The number of hydrogen-bond acceptors (Lipinski definition) is 3. The number of carboxylic acids is 1. The van der Waals surface area contributed by atoms with Crippen LogP contribution in [0.5, 0.6) is 0 Å². The lowest BCUT2D eigenvalue weighted by Gasteiger charge is -2.41. The van der Waals surface area contributed by atoms with Crippen LogP contribution in [-0.4, -0.2) is 46.4 Å². The number of carbonyl (C=O) groups excluding carboxylic acids is 1. The fourth-order valence-corrected chi connectivity index (χ4v) is 3.38. The van der Waals surface area contributed by atoms with Crippen LogP contribution >= 0.6 is 0 Å². The molecule has 2 aromatic carbocycles. The average Bonchev–Trinajstić information content (AvgIpc) is 2.62. The Bertz CT molecular complexity index is 761. The van der Waals surface area contributed by atoms with Gasteiger partial charge in [-0.1, -0.05) is 42.5 Å². The summed E-state index contributed by atoms with van der Waals surface area (Å²) in [5, 5.41) is 9.14. The molecule has 0 aromatic heterocycles. The monoisotopic (exact) mass is 338 g/mol. The summed E-state index contributed by atoms with van der Waals surface area (Å²) in [7, 11) is 0. The molecule has 5 nitrogen and oxygen atoms in total. The van der Waals surface area contributed by atoms with Crippen LogP contribution in [0.25, 0.3) is 0 Å². The van der Waals surface area contributed by atoms with E-state index >= 15 is 0 Å². The van der Waals surface area contributed by atoms with Crippen molar-refractivity contribution in [3.8, 4) is 0 Å². The number of aromatic carboxylic acids is 1. The quantitative estimate of drug-likeness (QED) is 0.931. The number of carboxylic acid groups (broad SMARTS) is 1. The first-order valence-electron chi connectivity index (χ1n) is 8.41. The minimum atomic E-state index is -0.912. The Balaban J connectivity index is 1.77. The number of benzene rings is 2. The minimum Gasteiger partial charge on any atom is -0.478 e. The van der Waals surface area contributed by atoms with Crippen LogP contribution in [-0.2, 0) is 11.3 Å². The first-order valence-corrected chi connectivity index (χ1v) is 8.41. The molecular formula is C20H22N2O3. The zero-order valence-electron chi connectivity index (χ0n) is 14.3. The predicted octanol–water partition coefficient (Wildman–Crippen LogP) is 2.79. The van der Waals surface area contributed by atoms with Crippen molar-refractivity contribution < 1.29 is 14.7 Å². The third-order valence-corrected chi connectivity index (χ3v) is 4.63. The van der Waals surface area contributed by atoms with E-state index in [0.717, 1.165) is 24.2 Å². The molecule has 1 heterocycles. The van der Waals surface area contributed by atoms with Gasteiger partial charge in [0.25, 0.3) is 0 Å². The standard InChI is InChI=1S/C20H22N2O3/c1-15(23)22-11-10-21(14-19(22)17-7-3-2-4-8-17)13-16-6-5-9-18(12-16)20(24)25/h2-9,12,19H,10-11,13-14H2,1H3,(H,24,25)/t19-/m0/s1. The Labute approximate surface area is 147 Å². The first kappa shape index (κ1) is 17.2. The Morgan fingerprint density at radius 2 is 1.84 bits per heavy atom. The fraction of sp³-hybridized carbons (Fsp3) is 0.300. The molecule has 0 spiro atoms. The summed E-state index contributed by atoms with van der Waals surface area (Å²) in [6, 6.07) is 17.1. The van der Waals surface area contributed by atoms with Gasteiger partial charge in [-0.05, 0) is 23.3 Å². The minimum absolute atomic E-state index is 0.0232. The van der Waals surface area contributed by atoms with E-state index in [-0.39, 0.29) is 11.9 Å². The maximum atomic E-state index is 12.0. The lowest BCUT2D eigenvalue weighted by atomic mass is 10.0. The van der Waals surface area contributed by atoms with Crippen LogP contribution in [0.4, 0.5) is 0 Å². The van der Waals surface area contributed by atoms with Gasteiger partial charge in [-0.25, -0.2) is 4.79 Å². The summed E-state index contributed by atoms with van der Waals surface area (Å²) < 4.78 is 0. The molecule has 1 amide bonds. The van der Waals surface area contributed by atoms with Crippen molar-refractivity contribution in [2.45, 2.75) is 19.5 Å². The largest absolute Gasteiger partial charge is 0.478 e. The Morgan fingerprint density at radius 3 is 2.52 bits per heavy atom. The van der Waals surface area contributed by atoms with E-state index in [0.29, 0.717) is 18.7 Å². The third kappa shape index (κ3) is 4.06. The van der Waals surface area contributed by atoms with Crippen molar-refractivity contribution in [3.63, 3.8) is 0 Å². The zero-order chi connectivity index (χ0) is 17.8. The average molecular weight is 338 g/mol. The van der Waals surface area contributed by atoms with Crippen LogP contribution in [0.2, 0.25) is 0 Å². The number of piperazine rings is 1. The lowest BCUT2D eigenvalue weighted by molar-refractivity contribution is -0.134. The van der Waals surface area contributed by atoms with E-state index in [9.17, 15) is 9.59 Å². The van der Waals surface area contributed by atoms with Crippen molar-refractivity contribution in [1.29, 1.82) is 0 Å². The third-order valence-electron chi connectivity index (χ3n) is 4.63. The highest BCUT2D eigenvalue weighted by molar-refractivity contribution is 5.87. The molecule has 1 fully saturated rings. The van der Waals surface area contributed by atoms with Crippen LogP contribution in [0.1, 0.15) is 34.5 Å². The number of hydrogen-bond donors (Lipinski definition) is 1. The maximum absolute atomic E-state index is 12.0. The van der Waals surface area contributed by atoms with Gasteiger partial charge in [0.05, 0.1) is 11.6 Å². The molecule has 25 heavy (non-hydrogen) atoms. The SMILES string of the molecule is CC(=O)N1CCN(Cc2cccc(C(=O)O)c2)C[C@H]1c1ccccc1. The van der Waals surface area contributed by atoms with Gasteiger partial charge in [0.15, 0.2) is 0 Å². The smallest absolute Gasteiger partial charge is 0.335 e. The number of amides is 1. The molecular weight excluding hydrogens is 316 g/mol. The second-order valence-corrected chi connectivity index (χ2v) is 6.38. The molecule has 1 atom stereocenters. The fourth-order valence-electron chi connectivity index (χ4n) is 3.38. The molecule has 5 heteroatoms. The molecule has 0 radical (unpaired) electrons. The normalized spacial score (nSPS) is 18.1. The molecule has 3 rings (SSSR count). The van der Waals surface area contributed by atoms with Crippen LogP contribution < -0.4 is 0 Å². The summed E-state index contributed by atoms with van der Waals surface area (Å²) >= 11 is 0. The number of carbonyl (C=O) groups is 2. The summed E-state index contributed by atoms with van der Waals surface area (Å²) in [5.74, 6) is -0.827. The number of rotatable bonds is 4. The van der Waals surface area contributed by atoms with E-state index < -0.39 is 5.97 Å². The molecule has 0 unspecified atom stereocenters. The van der Waals surface area contributed by atoms with Crippen LogP contribution in [0.3, 0.4) is 0 Å². The second-order valence-electron chi connectivity index (χ2n) is 6.38. The molecule has 0 bridgehead atoms. The van der Waals surface area contributed by atoms with Crippen molar-refractivity contribution in [2.75, 3.05) is 19.6 Å². The molecule has 1 aliphatic heterocycles. The predicted molar refractivity (Wildman–Crippen MR) is 95.2 cm³/mol. The van der Waals surface area contributed by atoms with Gasteiger partial charge in [0.2, 0.25) is 5.91 Å². The molecule has 1 aliphatic rings. The second kappa shape index (κ2) is 7.49. The van der Waals surface area contributed by atoms with E-state index in [1.807, 2.05) is 29.2 Å². The molecule has 0 saturated carbocycles. The number of nitrogens with zero attached hydrogens (tertiary/aromatic N) is 2. The Kier molecular flexibility index (Phi) is 5.14.